The lowest BCUT2D eigenvalue weighted by atomic mass is 9.82. The number of hydrogen-bond acceptors (Lipinski definition) is 5. The highest BCUT2D eigenvalue weighted by Crippen LogP contribution is 2.52. The van der Waals surface area contributed by atoms with Crippen LogP contribution in [0.1, 0.15) is 64.6 Å². The first-order chi connectivity index (χ1) is 29.5. The van der Waals surface area contributed by atoms with Crippen molar-refractivity contribution in [3.63, 3.8) is 0 Å². The molecule has 0 spiro atoms. The first-order valence-corrected chi connectivity index (χ1v) is 21.7. The van der Waals surface area contributed by atoms with Gasteiger partial charge < -0.3 is 5.32 Å². The van der Waals surface area contributed by atoms with Crippen molar-refractivity contribution < 1.29 is 0 Å². The molecule has 1 aliphatic heterocycles. The average molecular weight is 789 g/mol. The number of hydrogen-bond donors (Lipinski definition) is 1. The molecule has 7 aromatic carbocycles. The van der Waals surface area contributed by atoms with Crippen molar-refractivity contribution in [3.8, 4) is 56.4 Å². The Morgan fingerprint density at radius 3 is 2.02 bits per heavy atom. The second-order valence-electron chi connectivity index (χ2n) is 16.7. The van der Waals surface area contributed by atoms with Gasteiger partial charge in [0.25, 0.3) is 0 Å². The number of nitrogens with one attached hydrogen (secondary N) is 1. The summed E-state index contributed by atoms with van der Waals surface area (Å²) in [6.45, 7) is 4.63. The van der Waals surface area contributed by atoms with E-state index in [-0.39, 0.29) is 11.5 Å². The summed E-state index contributed by atoms with van der Waals surface area (Å²) < 4.78 is 1.35. The zero-order valence-corrected chi connectivity index (χ0v) is 34.2. The van der Waals surface area contributed by atoms with E-state index in [9.17, 15) is 0 Å². The first-order valence-electron chi connectivity index (χ1n) is 20.8. The molecule has 2 aromatic heterocycles. The van der Waals surface area contributed by atoms with E-state index in [0.717, 1.165) is 29.5 Å². The molecule has 12 rings (SSSR count). The number of aryl methyl sites for hydroxylation is 1. The molecule has 3 heterocycles. The van der Waals surface area contributed by atoms with E-state index < -0.39 is 0 Å². The van der Waals surface area contributed by atoms with Gasteiger partial charge in [-0.3, -0.25) is 0 Å². The number of anilines is 1. The molecular formula is C55H40N4S. The molecule has 286 valence electrons. The van der Waals surface area contributed by atoms with Gasteiger partial charge in [0, 0.05) is 48.3 Å². The molecule has 0 bridgehead atoms. The molecule has 1 N–H and O–H groups in total. The smallest absolute Gasteiger partial charge is 0.164 e. The van der Waals surface area contributed by atoms with Crippen LogP contribution >= 0.6 is 11.3 Å². The highest BCUT2D eigenvalue weighted by molar-refractivity contribution is 7.19. The van der Waals surface area contributed by atoms with Crippen molar-refractivity contribution in [1.82, 2.24) is 15.0 Å². The average Bonchev–Trinajstić information content (AvgIpc) is 3.80. The van der Waals surface area contributed by atoms with Crippen molar-refractivity contribution in [1.29, 1.82) is 0 Å². The summed E-state index contributed by atoms with van der Waals surface area (Å²) in [5.74, 6) is 2.01. The monoisotopic (exact) mass is 788 g/mol. The Labute approximate surface area is 354 Å². The fourth-order valence-corrected chi connectivity index (χ4v) is 11.1. The molecule has 4 nitrogen and oxygen atoms in total. The highest BCUT2D eigenvalue weighted by Gasteiger charge is 2.35. The minimum atomic E-state index is -0.0696. The lowest BCUT2D eigenvalue weighted by Gasteiger charge is -2.31. The molecular weight excluding hydrogens is 749 g/mol. The zero-order valence-electron chi connectivity index (χ0n) is 33.4. The molecule has 0 amide bonds. The fourth-order valence-electron chi connectivity index (χ4n) is 9.91. The predicted molar refractivity (Wildman–Crippen MR) is 249 cm³/mol. The Bertz CT molecular complexity index is 3210. The van der Waals surface area contributed by atoms with Gasteiger partial charge in [0.05, 0.1) is 6.04 Å². The third-order valence-electron chi connectivity index (χ3n) is 12.9. The van der Waals surface area contributed by atoms with Gasteiger partial charge in [-0.1, -0.05) is 153 Å². The standard InChI is InChI=1S/C55H40N4S/c1-55(2)44-22-11-9-20-39(44)42-32-38(24-27-45(42)55)54-58-52(34-16-7-4-8-17-34)57-53(59-54)37-19-13-18-35(30-37)36-25-28-47-43(31-36)50-48(60-47)29-26-41-49(50)40-21-10-12-23-46(40)56-51(41)33-14-5-3-6-15-33/h3-24,26-27,29-32,51,56H,25,28H2,1-2H3. The number of para-hydroxylation sites is 1. The van der Waals surface area contributed by atoms with E-state index in [1.54, 1.807) is 0 Å². The molecule has 9 aromatic rings. The van der Waals surface area contributed by atoms with E-state index in [1.807, 2.05) is 29.5 Å². The predicted octanol–water partition coefficient (Wildman–Crippen LogP) is 14.1. The summed E-state index contributed by atoms with van der Waals surface area (Å²) in [5, 5.41) is 5.25. The summed E-state index contributed by atoms with van der Waals surface area (Å²) in [5.41, 5.74) is 18.4. The van der Waals surface area contributed by atoms with Gasteiger partial charge in [0.1, 0.15) is 0 Å². The van der Waals surface area contributed by atoms with Crippen molar-refractivity contribution in [2.24, 2.45) is 0 Å². The van der Waals surface area contributed by atoms with Gasteiger partial charge >= 0.3 is 0 Å². The third kappa shape index (κ3) is 5.53. The Hall–Kier alpha value is -6.95. The lowest BCUT2D eigenvalue weighted by molar-refractivity contribution is 0.660. The van der Waals surface area contributed by atoms with Crippen molar-refractivity contribution in [2.75, 3.05) is 5.32 Å². The van der Waals surface area contributed by atoms with Crippen LogP contribution < -0.4 is 5.32 Å². The van der Waals surface area contributed by atoms with E-state index in [0.29, 0.717) is 17.5 Å². The third-order valence-corrected chi connectivity index (χ3v) is 14.1. The van der Waals surface area contributed by atoms with Gasteiger partial charge in [0.15, 0.2) is 17.5 Å². The van der Waals surface area contributed by atoms with Gasteiger partial charge in [-0.25, -0.2) is 15.0 Å². The van der Waals surface area contributed by atoms with E-state index in [2.05, 4.69) is 171 Å². The molecule has 0 fully saturated rings. The fraction of sp³-hybridized carbons (Fsp3) is 0.109. The molecule has 0 saturated carbocycles. The zero-order chi connectivity index (χ0) is 40.0. The second kappa shape index (κ2) is 13.6. The summed E-state index contributed by atoms with van der Waals surface area (Å²) >= 11 is 1.95. The molecule has 0 saturated heterocycles. The highest BCUT2D eigenvalue weighted by atomic mass is 32.1. The number of benzene rings is 7. The number of thiophene rings is 1. The summed E-state index contributed by atoms with van der Waals surface area (Å²) in [6.07, 6.45) is 4.45. The van der Waals surface area contributed by atoms with Crippen LogP contribution in [0.2, 0.25) is 0 Å². The van der Waals surface area contributed by atoms with Crippen LogP contribution in [0.15, 0.2) is 164 Å². The van der Waals surface area contributed by atoms with Gasteiger partial charge in [0.2, 0.25) is 0 Å². The van der Waals surface area contributed by atoms with Crippen LogP contribution in [0.5, 0.6) is 0 Å². The largest absolute Gasteiger partial charge is 0.374 e. The molecule has 1 unspecified atom stereocenters. The quantitative estimate of drug-likeness (QED) is 0.189. The summed E-state index contributed by atoms with van der Waals surface area (Å²) in [7, 11) is 0. The first kappa shape index (κ1) is 35.0. The van der Waals surface area contributed by atoms with E-state index >= 15 is 0 Å². The molecule has 3 aliphatic rings. The number of rotatable bonds is 5. The Morgan fingerprint density at radius 2 is 1.20 bits per heavy atom. The number of aromatic nitrogens is 3. The van der Waals surface area contributed by atoms with E-state index in [4.69, 9.17) is 15.0 Å². The maximum absolute atomic E-state index is 5.23. The van der Waals surface area contributed by atoms with Crippen molar-refractivity contribution in [2.45, 2.75) is 38.1 Å². The van der Waals surface area contributed by atoms with Crippen LogP contribution in [0.4, 0.5) is 5.69 Å². The normalized spacial score (nSPS) is 15.6. The molecule has 1 atom stereocenters. The van der Waals surface area contributed by atoms with Gasteiger partial charge in [-0.2, -0.15) is 0 Å². The molecule has 0 radical (unpaired) electrons. The number of allylic oxidation sites excluding steroid dienone is 1. The van der Waals surface area contributed by atoms with Crippen molar-refractivity contribution in [3.05, 3.63) is 202 Å². The Balaban J connectivity index is 0.978. The topological polar surface area (TPSA) is 50.7 Å². The summed E-state index contributed by atoms with van der Waals surface area (Å²) in [4.78, 5) is 16.9. The Kier molecular flexibility index (Phi) is 7.91. The van der Waals surface area contributed by atoms with Crippen molar-refractivity contribution >= 4 is 38.8 Å². The van der Waals surface area contributed by atoms with Crippen LogP contribution in [-0.4, -0.2) is 15.0 Å². The minimum absolute atomic E-state index is 0.0696. The second-order valence-corrected chi connectivity index (χ2v) is 17.9. The molecule has 5 heteroatoms. The van der Waals surface area contributed by atoms with Crippen LogP contribution in [-0.2, 0) is 11.8 Å². The number of nitrogens with zero attached hydrogens (tertiary/aromatic N) is 3. The van der Waals surface area contributed by atoms with Gasteiger partial charge in [-0.15, -0.1) is 11.3 Å². The Morgan fingerprint density at radius 1 is 0.550 bits per heavy atom. The molecule has 60 heavy (non-hydrogen) atoms. The van der Waals surface area contributed by atoms with Crippen LogP contribution in [0.25, 0.3) is 78.2 Å². The minimum Gasteiger partial charge on any atom is -0.374 e. The summed E-state index contributed by atoms with van der Waals surface area (Å²) in [6, 6.07) is 59.0. The maximum Gasteiger partial charge on any atom is 0.164 e. The van der Waals surface area contributed by atoms with Gasteiger partial charge in [-0.05, 0) is 98.8 Å². The van der Waals surface area contributed by atoms with Crippen LogP contribution in [0.3, 0.4) is 0 Å². The molecule has 2 aliphatic carbocycles. The van der Waals surface area contributed by atoms with E-state index in [1.165, 1.54) is 81.9 Å². The van der Waals surface area contributed by atoms with Crippen LogP contribution in [0, 0.1) is 0 Å². The maximum atomic E-state index is 5.23. The SMILES string of the molecule is CC1(C)c2ccccc2-c2cc(-c3nc(-c4ccccc4)nc(-c4cccc(C5=Cc6c(sc7ccc8c(c67)-c6ccccc6NC8c6ccccc6)CC5)c4)n3)ccc21. The number of fused-ring (bicyclic) bond motifs is 10. The lowest BCUT2D eigenvalue weighted by Crippen LogP contribution is -2.18.